The predicted octanol–water partition coefficient (Wildman–Crippen LogP) is 13.6. The van der Waals surface area contributed by atoms with Crippen molar-refractivity contribution in [3.8, 4) is 11.4 Å². The maximum Gasteiger partial charge on any atom is 0.335 e. The van der Waals surface area contributed by atoms with Crippen molar-refractivity contribution in [2.45, 2.75) is 130 Å². The van der Waals surface area contributed by atoms with Crippen LogP contribution in [0, 0.1) is 10.1 Å². The first-order chi connectivity index (χ1) is 37.4. The summed E-state index contributed by atoms with van der Waals surface area (Å²) in [7, 11) is 0. The highest BCUT2D eigenvalue weighted by molar-refractivity contribution is 6.09. The molecule has 7 aromatic rings. The minimum Gasteiger partial charge on any atom is -0.488 e. The van der Waals surface area contributed by atoms with Crippen molar-refractivity contribution < 1.29 is 48.4 Å². The maximum absolute atomic E-state index is 14.4. The molecule has 0 saturated heterocycles. The number of rotatable bonds is 27. The number of fused-ring (bicyclic) bond motifs is 2. The summed E-state index contributed by atoms with van der Waals surface area (Å²) >= 11 is 0. The van der Waals surface area contributed by atoms with Crippen LogP contribution in [0.4, 0.5) is 17.1 Å². The van der Waals surface area contributed by atoms with Crippen molar-refractivity contribution in [3.05, 3.63) is 169 Å². The van der Waals surface area contributed by atoms with Crippen LogP contribution in [0.2, 0.25) is 0 Å². The largest absolute Gasteiger partial charge is 0.488 e. The van der Waals surface area contributed by atoms with E-state index in [1.165, 1.54) is 131 Å². The fraction of sp³-hybridized carbons (Fsp3) is 0.344. The zero-order valence-electron chi connectivity index (χ0n) is 44.6. The van der Waals surface area contributed by atoms with E-state index in [9.17, 15) is 49.1 Å². The lowest BCUT2D eigenvalue weighted by atomic mass is 9.91. The first kappa shape index (κ1) is 57.1. The number of amides is 3. The Balaban J connectivity index is 1.07. The second-order valence-electron chi connectivity index (χ2n) is 20.7. The lowest BCUT2D eigenvalue weighted by Crippen LogP contribution is -2.25. The van der Waals surface area contributed by atoms with Gasteiger partial charge in [0.15, 0.2) is 11.4 Å². The van der Waals surface area contributed by atoms with E-state index in [1.54, 1.807) is 57.2 Å². The van der Waals surface area contributed by atoms with E-state index in [0.717, 1.165) is 36.5 Å². The van der Waals surface area contributed by atoms with Gasteiger partial charge in [0.1, 0.15) is 12.4 Å². The predicted molar refractivity (Wildman–Crippen MR) is 301 cm³/mol. The second kappa shape index (κ2) is 26.4. The zero-order chi connectivity index (χ0) is 55.9. The summed E-state index contributed by atoms with van der Waals surface area (Å²) in [6.07, 6.45) is 16.9. The molecule has 78 heavy (non-hydrogen) atoms. The SMILES string of the molecule is CCCCCCCCCCCCCCCCNC(=O)c1ccc(-n2oc(C(C)(C)C)c(COc3cc(NC(=O)c4ccc5cc(C(=O)O)ccc5c4)cc(NC(=O)c4ccc5cc(C(=O)O)ccc5c4)c3)c2=O)c([N+](=O)[O-])c1. The third-order valence-corrected chi connectivity index (χ3v) is 13.6. The topological polar surface area (TPSA) is 249 Å². The number of anilines is 2. The average Bonchev–Trinajstić information content (AvgIpc) is 3.88. The number of aromatic carboxylic acids is 2. The van der Waals surface area contributed by atoms with Gasteiger partial charge >= 0.3 is 11.9 Å². The van der Waals surface area contributed by atoms with Crippen LogP contribution in [0.1, 0.15) is 181 Å². The Bertz CT molecular complexity index is 3280. The van der Waals surface area contributed by atoms with Crippen molar-refractivity contribution in [1.82, 2.24) is 10.1 Å². The molecule has 0 aliphatic carbocycles. The van der Waals surface area contributed by atoms with Crippen molar-refractivity contribution in [3.63, 3.8) is 0 Å². The Hall–Kier alpha value is -8.60. The smallest absolute Gasteiger partial charge is 0.335 e. The van der Waals surface area contributed by atoms with E-state index in [2.05, 4.69) is 22.9 Å². The Morgan fingerprint density at radius 3 is 1.45 bits per heavy atom. The number of carbonyl (C=O) groups is 5. The highest BCUT2D eigenvalue weighted by atomic mass is 16.6. The number of nitrogens with zero attached hydrogens (tertiary/aromatic N) is 2. The number of nitro groups is 1. The second-order valence-corrected chi connectivity index (χ2v) is 20.7. The summed E-state index contributed by atoms with van der Waals surface area (Å²) in [5.74, 6) is -3.51. The molecule has 1 heterocycles. The molecule has 0 spiro atoms. The van der Waals surface area contributed by atoms with E-state index in [0.29, 0.717) is 28.1 Å². The molecule has 1 aromatic heterocycles. The molecule has 17 heteroatoms. The van der Waals surface area contributed by atoms with Gasteiger partial charge in [-0.15, -0.1) is 4.74 Å². The third kappa shape index (κ3) is 15.1. The molecule has 408 valence electrons. The summed E-state index contributed by atoms with van der Waals surface area (Å²) < 4.78 is 13.2. The van der Waals surface area contributed by atoms with E-state index in [1.807, 2.05) is 0 Å². The van der Waals surface area contributed by atoms with Gasteiger partial charge in [-0.1, -0.05) is 135 Å². The van der Waals surface area contributed by atoms with Gasteiger partial charge < -0.3 is 35.4 Å². The Labute approximate surface area is 452 Å². The molecule has 0 unspecified atom stereocenters. The molecule has 7 rings (SSSR count). The van der Waals surface area contributed by atoms with Crippen molar-refractivity contribution in [2.24, 2.45) is 0 Å². The van der Waals surface area contributed by atoms with Crippen LogP contribution in [0.3, 0.4) is 0 Å². The lowest BCUT2D eigenvalue weighted by Gasteiger charge is -2.17. The number of benzene rings is 6. The molecule has 0 fully saturated rings. The summed E-state index contributed by atoms with van der Waals surface area (Å²) in [5, 5.41) is 42.4. The minimum absolute atomic E-state index is 0.0243. The summed E-state index contributed by atoms with van der Waals surface area (Å²) in [4.78, 5) is 90.2. The zero-order valence-corrected chi connectivity index (χ0v) is 44.6. The first-order valence-electron chi connectivity index (χ1n) is 26.7. The summed E-state index contributed by atoms with van der Waals surface area (Å²) in [5.41, 5.74) is -1.23. The van der Waals surface area contributed by atoms with Crippen LogP contribution in [-0.4, -0.2) is 56.1 Å². The molecule has 0 aliphatic rings. The molecule has 0 radical (unpaired) electrons. The monoisotopic (exact) mass is 1060 g/mol. The first-order valence-corrected chi connectivity index (χ1v) is 26.7. The van der Waals surface area contributed by atoms with Crippen LogP contribution in [-0.2, 0) is 12.0 Å². The number of carbonyl (C=O) groups excluding carboxylic acids is 3. The van der Waals surface area contributed by atoms with E-state index < -0.39 is 57.9 Å². The van der Waals surface area contributed by atoms with E-state index >= 15 is 0 Å². The van der Waals surface area contributed by atoms with Gasteiger partial charge in [0.25, 0.3) is 29.0 Å². The molecular weight excluding hydrogens is 995 g/mol. The van der Waals surface area contributed by atoms with Crippen LogP contribution in [0.25, 0.3) is 27.2 Å². The number of unbranched alkanes of at least 4 members (excludes halogenated alkanes) is 13. The normalized spacial score (nSPS) is 11.4. The Kier molecular flexibility index (Phi) is 19.4. The van der Waals surface area contributed by atoms with E-state index in [4.69, 9.17) is 9.26 Å². The molecular formula is C61H67N5O12. The van der Waals surface area contributed by atoms with Gasteiger partial charge in [-0.2, -0.15) is 0 Å². The summed E-state index contributed by atoms with van der Waals surface area (Å²) in [6, 6.07) is 26.9. The van der Waals surface area contributed by atoms with E-state index in [-0.39, 0.29) is 62.0 Å². The molecule has 6 aromatic carbocycles. The maximum atomic E-state index is 14.4. The summed E-state index contributed by atoms with van der Waals surface area (Å²) in [6.45, 7) is 7.59. The van der Waals surface area contributed by atoms with Gasteiger partial charge in [0, 0.05) is 58.2 Å². The van der Waals surface area contributed by atoms with Crippen molar-refractivity contribution in [1.29, 1.82) is 0 Å². The fourth-order valence-corrected chi connectivity index (χ4v) is 9.32. The number of nitrogens with one attached hydrogen (secondary N) is 3. The highest BCUT2D eigenvalue weighted by Crippen LogP contribution is 2.32. The molecule has 0 bridgehead atoms. The molecule has 5 N–H and O–H groups in total. The average molecular weight is 1060 g/mol. The van der Waals surface area contributed by atoms with Gasteiger partial charge in [0.05, 0.1) is 21.6 Å². The highest BCUT2D eigenvalue weighted by Gasteiger charge is 2.31. The number of nitro benzene ring substituents is 1. The number of hydrogen-bond acceptors (Lipinski definition) is 10. The van der Waals surface area contributed by atoms with Gasteiger partial charge in [-0.25, -0.2) is 9.59 Å². The molecule has 17 nitrogen and oxygen atoms in total. The molecule has 0 saturated carbocycles. The van der Waals surface area contributed by atoms with Gasteiger partial charge in [-0.3, -0.25) is 29.3 Å². The van der Waals surface area contributed by atoms with Crippen molar-refractivity contribution >= 4 is 68.3 Å². The molecule has 0 atom stereocenters. The molecule has 3 amide bonds. The minimum atomic E-state index is -1.09. The lowest BCUT2D eigenvalue weighted by molar-refractivity contribution is -0.384. The Morgan fingerprint density at radius 1 is 0.577 bits per heavy atom. The van der Waals surface area contributed by atoms with Gasteiger partial charge in [0.2, 0.25) is 0 Å². The third-order valence-electron chi connectivity index (χ3n) is 13.6. The van der Waals surface area contributed by atoms with Crippen LogP contribution in [0.5, 0.6) is 5.75 Å². The van der Waals surface area contributed by atoms with Crippen LogP contribution in [0.15, 0.2) is 119 Å². The van der Waals surface area contributed by atoms with Crippen LogP contribution >= 0.6 is 0 Å². The number of ether oxygens (including phenoxy) is 1. The molecule has 0 aliphatic heterocycles. The van der Waals surface area contributed by atoms with Crippen molar-refractivity contribution in [2.75, 3.05) is 17.2 Å². The Morgan fingerprint density at radius 2 is 1.00 bits per heavy atom. The van der Waals surface area contributed by atoms with Gasteiger partial charge in [-0.05, 0) is 94.7 Å². The quantitative estimate of drug-likeness (QED) is 0.0183. The fourth-order valence-electron chi connectivity index (χ4n) is 9.32. The number of aromatic nitrogens is 1. The number of carboxylic acid groups (broad SMARTS) is 2. The van der Waals surface area contributed by atoms with Crippen LogP contribution < -0.4 is 26.2 Å². The standard InChI is InChI=1S/C61H67N5O12/c1-5-6-7-8-9-10-11-12-13-14-15-16-17-18-29-62-55(67)45-27-28-52(53(34-45)66(75)76)65-58(70)51(54(78-65)61(2,3)4)38-77-50-36-48(63-56(68)43-23-19-41-32-46(59(71)72)25-21-39(41)30-43)35-49(37-50)64-57(69)44-24-20-42-33-47(60(73)74)26-22-40(42)31-44/h19-28,30-37H,5-18,29,38H2,1-4H3,(H,62,67)(H,63,68)(H,64,69)(H,71,72)(H,73,74). The number of carboxylic acids is 2. The number of hydrogen-bond donors (Lipinski definition) is 5.